The van der Waals surface area contributed by atoms with Crippen LogP contribution >= 0.6 is 22.9 Å². The molecule has 6 heteroatoms. The predicted molar refractivity (Wildman–Crippen MR) is 79.2 cm³/mol. The third kappa shape index (κ3) is 2.22. The van der Waals surface area contributed by atoms with E-state index in [1.807, 2.05) is 30.6 Å². The first-order valence-electron chi connectivity index (χ1n) is 5.65. The maximum atomic E-state index is 6.21. The third-order valence-electron chi connectivity index (χ3n) is 2.74. The van der Waals surface area contributed by atoms with Gasteiger partial charge in [-0.2, -0.15) is 0 Å². The van der Waals surface area contributed by atoms with Crippen LogP contribution in [0.25, 0.3) is 22.1 Å². The largest absolute Gasteiger partial charge is 0.399 e. The lowest BCUT2D eigenvalue weighted by Crippen LogP contribution is -1.95. The van der Waals surface area contributed by atoms with Gasteiger partial charge in [-0.25, -0.2) is 9.67 Å². The maximum absolute atomic E-state index is 6.21. The predicted octanol–water partition coefficient (Wildman–Crippen LogP) is 3.45. The van der Waals surface area contributed by atoms with Crippen molar-refractivity contribution < 1.29 is 0 Å². The summed E-state index contributed by atoms with van der Waals surface area (Å²) in [4.78, 5) is 5.59. The number of aromatic nitrogens is 3. The molecule has 3 aromatic rings. The van der Waals surface area contributed by atoms with E-state index in [0.29, 0.717) is 16.5 Å². The second kappa shape index (κ2) is 4.68. The van der Waals surface area contributed by atoms with Gasteiger partial charge in [0.2, 0.25) is 0 Å². The first kappa shape index (κ1) is 12.2. The molecule has 0 aliphatic heterocycles. The summed E-state index contributed by atoms with van der Waals surface area (Å²) in [6.07, 6.45) is 0. The molecule has 4 nitrogen and oxygen atoms in total. The number of anilines is 1. The topological polar surface area (TPSA) is 56.7 Å². The number of nitrogens with zero attached hydrogens (tertiary/aromatic N) is 3. The fraction of sp³-hybridized carbons (Fsp3) is 0.0769. The molecule has 2 aromatic heterocycles. The van der Waals surface area contributed by atoms with Crippen LogP contribution in [0.5, 0.6) is 0 Å². The summed E-state index contributed by atoms with van der Waals surface area (Å²) < 4.78 is 1.73. The average Bonchev–Trinajstić information content (AvgIpc) is 2.98. The van der Waals surface area contributed by atoms with E-state index < -0.39 is 0 Å². The molecule has 1 aromatic carbocycles. The summed E-state index contributed by atoms with van der Waals surface area (Å²) in [5.74, 6) is 1.44. The molecule has 0 saturated heterocycles. The molecule has 3 rings (SSSR count). The molecule has 0 bridgehead atoms. The molecule has 0 atom stereocenters. The van der Waals surface area contributed by atoms with E-state index >= 15 is 0 Å². The molecular weight excluding hydrogens is 280 g/mol. The van der Waals surface area contributed by atoms with Crippen LogP contribution in [0.3, 0.4) is 0 Å². The van der Waals surface area contributed by atoms with Gasteiger partial charge in [0.25, 0.3) is 0 Å². The fourth-order valence-corrected chi connectivity index (χ4v) is 2.77. The summed E-state index contributed by atoms with van der Waals surface area (Å²) in [5, 5.41) is 7.00. The van der Waals surface area contributed by atoms with Crippen LogP contribution in [0.2, 0.25) is 5.02 Å². The number of benzene rings is 1. The lowest BCUT2D eigenvalue weighted by atomic mass is 10.2. The zero-order chi connectivity index (χ0) is 13.4. The van der Waals surface area contributed by atoms with Gasteiger partial charge in [-0.15, -0.1) is 16.4 Å². The molecule has 0 unspecified atom stereocenters. The number of rotatable bonds is 2. The first-order chi connectivity index (χ1) is 9.15. The molecule has 0 spiro atoms. The van der Waals surface area contributed by atoms with Gasteiger partial charge >= 0.3 is 0 Å². The smallest absolute Gasteiger partial charge is 0.191 e. The van der Waals surface area contributed by atoms with Gasteiger partial charge in [-0.05, 0) is 29.6 Å². The van der Waals surface area contributed by atoms with E-state index in [4.69, 9.17) is 17.3 Å². The van der Waals surface area contributed by atoms with E-state index in [0.717, 1.165) is 16.3 Å². The molecule has 0 saturated carbocycles. The Kier molecular flexibility index (Phi) is 3.00. The fourth-order valence-electron chi connectivity index (χ4n) is 1.84. The first-order valence-corrected chi connectivity index (χ1v) is 6.91. The van der Waals surface area contributed by atoms with Gasteiger partial charge < -0.3 is 5.73 Å². The molecule has 96 valence electrons. The SMILES string of the molecule is Cn1nc(-c2cccs2)nc1-c1ccc(N)cc1Cl. The van der Waals surface area contributed by atoms with Crippen LogP contribution in [-0.2, 0) is 7.05 Å². The van der Waals surface area contributed by atoms with Crippen molar-refractivity contribution in [3.8, 4) is 22.1 Å². The molecule has 0 aliphatic rings. The van der Waals surface area contributed by atoms with E-state index in [-0.39, 0.29) is 0 Å². The standard InChI is InChI=1S/C13H11ClN4S/c1-18-13(9-5-4-8(15)7-10(9)14)16-12(17-18)11-3-2-6-19-11/h2-7H,15H2,1H3. The van der Waals surface area contributed by atoms with E-state index in [1.54, 1.807) is 28.2 Å². The van der Waals surface area contributed by atoms with Crippen molar-refractivity contribution in [3.05, 3.63) is 40.7 Å². The molecule has 0 radical (unpaired) electrons. The van der Waals surface area contributed by atoms with Crippen molar-refractivity contribution in [2.75, 3.05) is 5.73 Å². The second-order valence-electron chi connectivity index (χ2n) is 4.10. The molecule has 19 heavy (non-hydrogen) atoms. The van der Waals surface area contributed by atoms with Gasteiger partial charge in [0.15, 0.2) is 11.6 Å². The molecule has 0 aliphatic carbocycles. The molecule has 2 N–H and O–H groups in total. The normalized spacial score (nSPS) is 10.8. The van der Waals surface area contributed by atoms with Crippen molar-refractivity contribution >= 4 is 28.6 Å². The Labute approximate surface area is 119 Å². The minimum atomic E-state index is 0.577. The van der Waals surface area contributed by atoms with Gasteiger partial charge in [0, 0.05) is 18.3 Å². The average molecular weight is 291 g/mol. The number of aryl methyl sites for hydroxylation is 1. The molecule has 0 fully saturated rings. The van der Waals surface area contributed by atoms with E-state index in [9.17, 15) is 0 Å². The minimum Gasteiger partial charge on any atom is -0.399 e. The lowest BCUT2D eigenvalue weighted by molar-refractivity contribution is 0.778. The van der Waals surface area contributed by atoms with Crippen LogP contribution in [0, 0.1) is 0 Å². The number of halogens is 1. The van der Waals surface area contributed by atoms with Gasteiger partial charge in [-0.1, -0.05) is 17.7 Å². The highest BCUT2D eigenvalue weighted by atomic mass is 35.5. The minimum absolute atomic E-state index is 0.577. The maximum Gasteiger partial charge on any atom is 0.191 e. The van der Waals surface area contributed by atoms with Crippen molar-refractivity contribution in [1.82, 2.24) is 14.8 Å². The van der Waals surface area contributed by atoms with Crippen molar-refractivity contribution in [2.45, 2.75) is 0 Å². The van der Waals surface area contributed by atoms with Crippen LogP contribution in [0.4, 0.5) is 5.69 Å². The van der Waals surface area contributed by atoms with Gasteiger partial charge in [0.1, 0.15) is 0 Å². The summed E-state index contributed by atoms with van der Waals surface area (Å²) in [6, 6.07) is 9.36. The van der Waals surface area contributed by atoms with Crippen LogP contribution < -0.4 is 5.73 Å². The molecule has 0 amide bonds. The molecule has 2 heterocycles. The Bertz CT molecular complexity index is 718. The van der Waals surface area contributed by atoms with Crippen LogP contribution in [0.1, 0.15) is 0 Å². The second-order valence-corrected chi connectivity index (χ2v) is 5.45. The zero-order valence-electron chi connectivity index (χ0n) is 10.2. The zero-order valence-corrected chi connectivity index (χ0v) is 11.7. The quantitative estimate of drug-likeness (QED) is 0.736. The van der Waals surface area contributed by atoms with Gasteiger partial charge in [-0.3, -0.25) is 0 Å². The highest BCUT2D eigenvalue weighted by Gasteiger charge is 2.14. The summed E-state index contributed by atoms with van der Waals surface area (Å²) in [6.45, 7) is 0. The third-order valence-corrected chi connectivity index (χ3v) is 3.92. The Morgan fingerprint density at radius 2 is 2.16 bits per heavy atom. The van der Waals surface area contributed by atoms with Gasteiger partial charge in [0.05, 0.1) is 9.90 Å². The highest BCUT2D eigenvalue weighted by molar-refractivity contribution is 7.13. The Hall–Kier alpha value is -1.85. The lowest BCUT2D eigenvalue weighted by Gasteiger charge is -2.03. The van der Waals surface area contributed by atoms with E-state index in [2.05, 4.69) is 10.1 Å². The number of hydrogen-bond acceptors (Lipinski definition) is 4. The number of nitrogens with two attached hydrogens (primary N) is 1. The Balaban J connectivity index is 2.11. The summed E-state index contributed by atoms with van der Waals surface area (Å²) >= 11 is 7.82. The van der Waals surface area contributed by atoms with Crippen molar-refractivity contribution in [3.63, 3.8) is 0 Å². The van der Waals surface area contributed by atoms with Crippen LogP contribution in [-0.4, -0.2) is 14.8 Å². The number of hydrogen-bond donors (Lipinski definition) is 1. The number of thiophene rings is 1. The van der Waals surface area contributed by atoms with Crippen LogP contribution in [0.15, 0.2) is 35.7 Å². The van der Waals surface area contributed by atoms with E-state index in [1.165, 1.54) is 0 Å². The highest BCUT2D eigenvalue weighted by Crippen LogP contribution is 2.30. The van der Waals surface area contributed by atoms with Crippen molar-refractivity contribution in [2.24, 2.45) is 7.05 Å². The molecular formula is C13H11ClN4S. The summed E-state index contributed by atoms with van der Waals surface area (Å²) in [5.41, 5.74) is 7.16. The summed E-state index contributed by atoms with van der Waals surface area (Å²) in [7, 11) is 1.85. The monoisotopic (exact) mass is 290 g/mol. The Morgan fingerprint density at radius 3 is 2.84 bits per heavy atom. The van der Waals surface area contributed by atoms with Crippen molar-refractivity contribution in [1.29, 1.82) is 0 Å². The Morgan fingerprint density at radius 1 is 1.32 bits per heavy atom. The number of nitrogen functional groups attached to an aromatic ring is 1.